The number of carbonyl (C=O) groups excluding carboxylic acids is 1. The minimum Gasteiger partial charge on any atom is -0.444 e. The van der Waals surface area contributed by atoms with Crippen molar-refractivity contribution in [3.05, 3.63) is 21.8 Å². The second kappa shape index (κ2) is 7.58. The van der Waals surface area contributed by atoms with Crippen LogP contribution in [0.5, 0.6) is 0 Å². The summed E-state index contributed by atoms with van der Waals surface area (Å²) >= 11 is 3.39. The molecule has 0 aromatic carbocycles. The minimum atomic E-state index is -0.557. The van der Waals surface area contributed by atoms with Crippen LogP contribution in [0.1, 0.15) is 27.7 Å². The van der Waals surface area contributed by atoms with Crippen molar-refractivity contribution in [1.82, 2.24) is 5.32 Å². The van der Waals surface area contributed by atoms with Gasteiger partial charge in [-0.2, -0.15) is 0 Å². The molecule has 0 saturated carbocycles. The Hall–Kier alpha value is -1.63. The van der Waals surface area contributed by atoms with E-state index in [2.05, 4.69) is 31.2 Å². The molecule has 3 N–H and O–H groups in total. The molecule has 0 aromatic rings. The molecule has 0 radical (unpaired) electrons. The van der Waals surface area contributed by atoms with Crippen LogP contribution in [0.15, 0.2) is 31.8 Å². The molecule has 7 heteroatoms. The number of alkyl carbamates (subject to hydrolysis) is 1. The standard InChI is InChI=1S/C15H23BrN4O2/c1-9-7-19-12(20-14(21)22-15(2,3)4)6-10(9)13(17)11(16)8-18-5/h6,8-9H,7,17H2,1-5H3,(H,19,20,21). The molecule has 0 aromatic heterocycles. The number of halogens is 1. The first-order chi connectivity index (χ1) is 10.1. The van der Waals surface area contributed by atoms with Crippen molar-refractivity contribution in [2.45, 2.75) is 33.3 Å². The van der Waals surface area contributed by atoms with E-state index in [9.17, 15) is 4.79 Å². The maximum absolute atomic E-state index is 11.8. The van der Waals surface area contributed by atoms with Crippen LogP contribution in [0.4, 0.5) is 4.79 Å². The molecular weight excluding hydrogens is 348 g/mol. The number of aliphatic imine (C=N–C) groups is 2. The number of amides is 1. The van der Waals surface area contributed by atoms with Crippen molar-refractivity contribution in [3.8, 4) is 0 Å². The topological polar surface area (TPSA) is 89.1 Å². The molecule has 1 amide bonds. The van der Waals surface area contributed by atoms with E-state index in [0.29, 0.717) is 22.6 Å². The molecule has 1 atom stereocenters. The highest BCUT2D eigenvalue weighted by Gasteiger charge is 2.21. The number of dihydropyridines is 1. The third kappa shape index (κ3) is 5.63. The van der Waals surface area contributed by atoms with Crippen molar-refractivity contribution in [2.24, 2.45) is 21.6 Å². The lowest BCUT2D eigenvalue weighted by atomic mass is 9.95. The predicted octanol–water partition coefficient (Wildman–Crippen LogP) is 2.75. The average Bonchev–Trinajstić information content (AvgIpc) is 2.38. The third-order valence-electron chi connectivity index (χ3n) is 2.80. The summed E-state index contributed by atoms with van der Waals surface area (Å²) in [7, 11) is 1.67. The highest BCUT2D eigenvalue weighted by Crippen LogP contribution is 2.24. The van der Waals surface area contributed by atoms with Crippen molar-refractivity contribution >= 4 is 34.1 Å². The highest BCUT2D eigenvalue weighted by molar-refractivity contribution is 9.12. The SMILES string of the molecule is CN=CC(Br)=C(N)C1=CC(NC(=O)OC(C)(C)C)=NCC1C. The van der Waals surface area contributed by atoms with Gasteiger partial charge in [-0.3, -0.25) is 15.3 Å². The smallest absolute Gasteiger partial charge is 0.413 e. The summed E-state index contributed by atoms with van der Waals surface area (Å²) in [6.07, 6.45) is 2.86. The van der Waals surface area contributed by atoms with Crippen LogP contribution in [-0.2, 0) is 4.74 Å². The van der Waals surface area contributed by atoms with E-state index in [0.717, 1.165) is 5.57 Å². The number of ether oxygens (including phenoxy) is 1. The third-order valence-corrected chi connectivity index (χ3v) is 3.43. The maximum atomic E-state index is 11.8. The molecule has 0 saturated heterocycles. The molecule has 1 aliphatic rings. The first kappa shape index (κ1) is 18.4. The summed E-state index contributed by atoms with van der Waals surface area (Å²) in [5.74, 6) is 0.598. The van der Waals surface area contributed by atoms with Gasteiger partial charge in [0.05, 0.1) is 10.2 Å². The second-order valence-electron chi connectivity index (χ2n) is 6.00. The number of nitrogens with zero attached hydrogens (tertiary/aromatic N) is 2. The van der Waals surface area contributed by atoms with Crippen molar-refractivity contribution < 1.29 is 9.53 Å². The maximum Gasteiger partial charge on any atom is 0.413 e. The van der Waals surface area contributed by atoms with E-state index in [1.165, 1.54) is 0 Å². The first-order valence-corrected chi connectivity index (χ1v) is 7.77. The Labute approximate surface area is 139 Å². The number of nitrogens with two attached hydrogens (primary N) is 1. The van der Waals surface area contributed by atoms with E-state index < -0.39 is 11.7 Å². The fourth-order valence-electron chi connectivity index (χ4n) is 1.82. The number of hydrogen-bond acceptors (Lipinski definition) is 5. The van der Waals surface area contributed by atoms with Gasteiger partial charge in [0.25, 0.3) is 0 Å². The Morgan fingerprint density at radius 2 is 2.23 bits per heavy atom. The summed E-state index contributed by atoms with van der Waals surface area (Å²) in [5, 5.41) is 2.64. The predicted molar refractivity (Wildman–Crippen MR) is 93.5 cm³/mol. The number of nitrogens with one attached hydrogen (secondary N) is 1. The van der Waals surface area contributed by atoms with Gasteiger partial charge in [0.15, 0.2) is 0 Å². The normalized spacial score (nSPS) is 20.2. The lowest BCUT2D eigenvalue weighted by Gasteiger charge is -2.23. The van der Waals surface area contributed by atoms with Gasteiger partial charge >= 0.3 is 6.09 Å². The van der Waals surface area contributed by atoms with Crippen molar-refractivity contribution in [3.63, 3.8) is 0 Å². The molecule has 1 aliphatic heterocycles. The summed E-state index contributed by atoms with van der Waals surface area (Å²) in [6, 6.07) is 0. The van der Waals surface area contributed by atoms with Gasteiger partial charge in [-0.25, -0.2) is 4.79 Å². The summed E-state index contributed by atoms with van der Waals surface area (Å²) < 4.78 is 5.92. The van der Waals surface area contributed by atoms with E-state index in [1.807, 2.05) is 6.92 Å². The molecule has 1 rings (SSSR count). The molecule has 0 aliphatic carbocycles. The highest BCUT2D eigenvalue weighted by atomic mass is 79.9. The van der Waals surface area contributed by atoms with Crippen LogP contribution in [-0.4, -0.2) is 37.3 Å². The van der Waals surface area contributed by atoms with Gasteiger partial charge in [0.1, 0.15) is 11.4 Å². The van der Waals surface area contributed by atoms with Crippen LogP contribution >= 0.6 is 15.9 Å². The van der Waals surface area contributed by atoms with Gasteiger partial charge in [-0.1, -0.05) is 6.92 Å². The van der Waals surface area contributed by atoms with E-state index in [4.69, 9.17) is 10.5 Å². The van der Waals surface area contributed by atoms with Gasteiger partial charge < -0.3 is 10.5 Å². The van der Waals surface area contributed by atoms with Crippen molar-refractivity contribution in [2.75, 3.05) is 13.6 Å². The quantitative estimate of drug-likeness (QED) is 0.732. The lowest BCUT2D eigenvalue weighted by molar-refractivity contribution is 0.0563. The first-order valence-electron chi connectivity index (χ1n) is 6.98. The zero-order valence-corrected chi connectivity index (χ0v) is 15.2. The second-order valence-corrected chi connectivity index (χ2v) is 6.86. The number of allylic oxidation sites excluding steroid dienone is 2. The molecule has 6 nitrogen and oxygen atoms in total. The van der Waals surface area contributed by atoms with Gasteiger partial charge in [0.2, 0.25) is 0 Å². The van der Waals surface area contributed by atoms with Crippen LogP contribution in [0.2, 0.25) is 0 Å². The fourth-order valence-corrected chi connectivity index (χ4v) is 2.25. The van der Waals surface area contributed by atoms with Crippen LogP contribution in [0.3, 0.4) is 0 Å². The Morgan fingerprint density at radius 3 is 2.77 bits per heavy atom. The number of rotatable bonds is 2. The van der Waals surface area contributed by atoms with Gasteiger partial charge in [0, 0.05) is 25.7 Å². The van der Waals surface area contributed by atoms with E-state index >= 15 is 0 Å². The number of amidine groups is 1. The minimum absolute atomic E-state index is 0.155. The largest absolute Gasteiger partial charge is 0.444 e. The monoisotopic (exact) mass is 370 g/mol. The molecule has 1 unspecified atom stereocenters. The molecule has 0 bridgehead atoms. The van der Waals surface area contributed by atoms with E-state index in [-0.39, 0.29) is 5.92 Å². The summed E-state index contributed by atoms with van der Waals surface area (Å²) in [4.78, 5) is 20.1. The Bertz CT molecular complexity index is 556. The number of hydrogen-bond donors (Lipinski definition) is 2. The Balaban J connectivity index is 2.92. The van der Waals surface area contributed by atoms with Gasteiger partial charge in [-0.15, -0.1) is 0 Å². The molecular formula is C15H23BrN4O2. The molecule has 1 heterocycles. The molecule has 0 spiro atoms. The molecule has 122 valence electrons. The summed E-state index contributed by atoms with van der Waals surface area (Å²) in [6.45, 7) is 7.98. The zero-order valence-electron chi connectivity index (χ0n) is 13.6. The fraction of sp³-hybridized carbons (Fsp3) is 0.533. The summed E-state index contributed by atoms with van der Waals surface area (Å²) in [5.41, 5.74) is 7.06. The van der Waals surface area contributed by atoms with Crippen molar-refractivity contribution in [1.29, 1.82) is 0 Å². The average molecular weight is 371 g/mol. The zero-order chi connectivity index (χ0) is 16.9. The lowest BCUT2D eigenvalue weighted by Crippen LogP contribution is -2.37. The van der Waals surface area contributed by atoms with Crippen LogP contribution in [0, 0.1) is 5.92 Å². The Morgan fingerprint density at radius 1 is 1.59 bits per heavy atom. The molecule has 0 fully saturated rings. The number of carbonyl (C=O) groups is 1. The molecule has 22 heavy (non-hydrogen) atoms. The van der Waals surface area contributed by atoms with Crippen LogP contribution < -0.4 is 11.1 Å². The Kier molecular flexibility index (Phi) is 6.34. The van der Waals surface area contributed by atoms with E-state index in [1.54, 1.807) is 40.1 Å². The van der Waals surface area contributed by atoms with Gasteiger partial charge in [-0.05, 0) is 48.4 Å². The van der Waals surface area contributed by atoms with Crippen LogP contribution in [0.25, 0.3) is 0 Å².